The van der Waals surface area contributed by atoms with Gasteiger partial charge in [0.15, 0.2) is 5.71 Å². The van der Waals surface area contributed by atoms with Crippen molar-refractivity contribution in [2.75, 3.05) is 5.73 Å². The van der Waals surface area contributed by atoms with Gasteiger partial charge in [-0.1, -0.05) is 37.5 Å². The van der Waals surface area contributed by atoms with Crippen molar-refractivity contribution in [1.82, 2.24) is 5.43 Å². The molecule has 0 aromatic heterocycles. The number of nitrogens with one attached hydrogen (secondary N) is 1. The second-order valence-corrected chi connectivity index (χ2v) is 7.83. The van der Waals surface area contributed by atoms with Crippen LogP contribution in [0.25, 0.3) is 6.08 Å². The fraction of sp³-hybridized carbons (Fsp3) is 0.0909. The predicted octanol–water partition coefficient (Wildman–Crippen LogP) is 4.46. The largest absolute Gasteiger partial charge is 0.397 e. The van der Waals surface area contributed by atoms with E-state index in [0.29, 0.717) is 11.4 Å². The molecule has 0 radical (unpaired) electrons. The summed E-state index contributed by atoms with van der Waals surface area (Å²) in [5.74, 6) is -0.733. The van der Waals surface area contributed by atoms with Gasteiger partial charge < -0.3 is 5.73 Å². The molecule has 1 aromatic rings. The number of azo groups is 1. The number of benzene rings is 1. The van der Waals surface area contributed by atoms with Gasteiger partial charge in [0.2, 0.25) is 5.78 Å². The number of nitrogens with zero attached hydrogens (tertiary/aromatic N) is 3. The molecule has 32 heavy (non-hydrogen) atoms. The fourth-order valence-corrected chi connectivity index (χ4v) is 3.26. The smallest absolute Gasteiger partial charge is 0.296 e. The number of carbonyl (C=O) groups excluding carboxylic acids is 1. The summed E-state index contributed by atoms with van der Waals surface area (Å²) in [5.41, 5.74) is 9.52. The Hall–Kier alpha value is -3.89. The van der Waals surface area contributed by atoms with E-state index >= 15 is 0 Å². The molecule has 0 bridgehead atoms. The molecule has 0 atom stereocenters. The van der Waals surface area contributed by atoms with E-state index in [1.54, 1.807) is 44.2 Å². The SMILES string of the molecule is C=C/C=C\C=C(/C)N/N=C1/C(=O)c2ccc(N)c(N=N/C(C=C)=C/C)c2C=C1S(=O)(=O)O. The van der Waals surface area contributed by atoms with Gasteiger partial charge in [0.25, 0.3) is 10.1 Å². The molecule has 0 unspecified atom stereocenters. The highest BCUT2D eigenvalue weighted by Crippen LogP contribution is 2.37. The molecule has 4 N–H and O–H groups in total. The lowest BCUT2D eigenvalue weighted by Gasteiger charge is -2.18. The van der Waals surface area contributed by atoms with Crippen LogP contribution in [-0.4, -0.2) is 24.5 Å². The van der Waals surface area contributed by atoms with Gasteiger partial charge in [-0.25, -0.2) is 0 Å². The Morgan fingerprint density at radius 1 is 1.25 bits per heavy atom. The fourth-order valence-electron chi connectivity index (χ4n) is 2.61. The average Bonchev–Trinajstić information content (AvgIpc) is 2.74. The molecular formula is C22H23N5O4S. The number of hydrogen-bond donors (Lipinski definition) is 3. The molecule has 2 rings (SSSR count). The first-order valence-electron chi connectivity index (χ1n) is 9.31. The Labute approximate surface area is 186 Å². The van der Waals surface area contributed by atoms with Crippen molar-refractivity contribution in [3.8, 4) is 0 Å². The van der Waals surface area contributed by atoms with Crippen molar-refractivity contribution in [2.24, 2.45) is 15.3 Å². The quantitative estimate of drug-likeness (QED) is 0.174. The van der Waals surface area contributed by atoms with E-state index in [9.17, 15) is 17.8 Å². The summed E-state index contributed by atoms with van der Waals surface area (Å²) in [6.45, 7) is 10.6. The third-order valence-corrected chi connectivity index (χ3v) is 5.07. The first kappa shape index (κ1) is 24.4. The van der Waals surface area contributed by atoms with Crippen molar-refractivity contribution in [2.45, 2.75) is 13.8 Å². The van der Waals surface area contributed by atoms with Crippen LogP contribution < -0.4 is 11.2 Å². The van der Waals surface area contributed by atoms with E-state index in [0.717, 1.165) is 6.08 Å². The molecule has 0 heterocycles. The van der Waals surface area contributed by atoms with Crippen molar-refractivity contribution in [3.05, 3.63) is 89.2 Å². The number of Topliss-reactive ketones (excluding diaryl/α,β-unsaturated/α-hetero) is 1. The summed E-state index contributed by atoms with van der Waals surface area (Å²) in [6.07, 6.45) is 10.8. The highest BCUT2D eigenvalue weighted by atomic mass is 32.2. The van der Waals surface area contributed by atoms with E-state index in [2.05, 4.69) is 33.9 Å². The standard InChI is InChI=1S/C22H23N5O4S/c1-5-8-9-10-14(4)24-27-21-19(32(29,30)31)13-17-16(22(21)28)11-12-18(23)20(17)26-25-15(6-2)7-3/h5-13,24H,1-2,23H2,3-4H3,(H,29,30,31)/b9-8-,14-10+,15-7+,26-25?,27-21+. The van der Waals surface area contributed by atoms with E-state index in [4.69, 9.17) is 5.73 Å². The van der Waals surface area contributed by atoms with Crippen LogP contribution in [0.5, 0.6) is 0 Å². The molecular weight excluding hydrogens is 430 g/mol. The number of anilines is 1. The number of rotatable bonds is 8. The normalized spacial score (nSPS) is 16.4. The Balaban J connectivity index is 2.66. The number of ketones is 1. The van der Waals surface area contributed by atoms with Gasteiger partial charge in [0.1, 0.15) is 10.6 Å². The zero-order valence-electron chi connectivity index (χ0n) is 17.6. The van der Waals surface area contributed by atoms with Crippen molar-refractivity contribution in [1.29, 1.82) is 0 Å². The van der Waals surface area contributed by atoms with Crippen LogP contribution in [0.3, 0.4) is 0 Å². The highest BCUT2D eigenvalue weighted by Gasteiger charge is 2.34. The zero-order chi connectivity index (χ0) is 23.9. The first-order chi connectivity index (χ1) is 15.1. The van der Waals surface area contributed by atoms with Gasteiger partial charge in [0.05, 0.1) is 11.4 Å². The van der Waals surface area contributed by atoms with Crippen molar-refractivity contribution >= 4 is 39.1 Å². The Morgan fingerprint density at radius 2 is 1.97 bits per heavy atom. The number of allylic oxidation sites excluding steroid dienone is 8. The van der Waals surface area contributed by atoms with Gasteiger partial charge >= 0.3 is 0 Å². The minimum atomic E-state index is -4.81. The summed E-state index contributed by atoms with van der Waals surface area (Å²) in [7, 11) is -4.81. The Kier molecular flexibility index (Phi) is 7.94. The third kappa shape index (κ3) is 5.62. The Morgan fingerprint density at radius 3 is 2.56 bits per heavy atom. The maximum absolute atomic E-state index is 13.1. The molecule has 0 saturated carbocycles. The van der Waals surface area contributed by atoms with Crippen LogP contribution in [0, 0.1) is 0 Å². The number of fused-ring (bicyclic) bond motifs is 1. The molecule has 0 spiro atoms. The highest BCUT2D eigenvalue weighted by molar-refractivity contribution is 7.91. The first-order valence-corrected chi connectivity index (χ1v) is 10.7. The van der Waals surface area contributed by atoms with Crippen LogP contribution >= 0.6 is 0 Å². The summed E-state index contributed by atoms with van der Waals surface area (Å²) >= 11 is 0. The van der Waals surface area contributed by atoms with E-state index < -0.39 is 26.5 Å². The van der Waals surface area contributed by atoms with Crippen molar-refractivity contribution < 1.29 is 17.8 Å². The van der Waals surface area contributed by atoms with Gasteiger partial charge in [-0.3, -0.25) is 14.8 Å². The summed E-state index contributed by atoms with van der Waals surface area (Å²) in [5, 5.41) is 12.0. The molecule has 1 aliphatic carbocycles. The summed E-state index contributed by atoms with van der Waals surface area (Å²) in [4.78, 5) is 12.4. The summed E-state index contributed by atoms with van der Waals surface area (Å²) in [6, 6.07) is 2.88. The van der Waals surface area contributed by atoms with E-state index in [1.165, 1.54) is 18.2 Å². The van der Waals surface area contributed by atoms with Crippen LogP contribution in [0.4, 0.5) is 11.4 Å². The third-order valence-electron chi connectivity index (χ3n) is 4.20. The Bertz CT molecular complexity index is 1250. The number of hydrogen-bond acceptors (Lipinski definition) is 8. The van der Waals surface area contributed by atoms with E-state index in [1.807, 2.05) is 0 Å². The average molecular weight is 454 g/mol. The molecule has 10 heteroatoms. The number of hydrazone groups is 1. The maximum Gasteiger partial charge on any atom is 0.296 e. The monoisotopic (exact) mass is 453 g/mol. The second-order valence-electron chi connectivity index (χ2n) is 6.44. The number of nitrogen functional groups attached to an aromatic ring is 1. The lowest BCUT2D eigenvalue weighted by molar-refractivity contribution is 0.106. The maximum atomic E-state index is 13.1. The molecule has 0 saturated heterocycles. The van der Waals surface area contributed by atoms with Gasteiger partial charge in [0, 0.05) is 16.8 Å². The number of carbonyl (C=O) groups is 1. The molecule has 1 aliphatic rings. The summed E-state index contributed by atoms with van der Waals surface area (Å²) < 4.78 is 33.8. The van der Waals surface area contributed by atoms with Crippen LogP contribution in [0.2, 0.25) is 0 Å². The molecule has 0 aliphatic heterocycles. The minimum absolute atomic E-state index is 0.0795. The zero-order valence-corrected chi connectivity index (χ0v) is 18.4. The van der Waals surface area contributed by atoms with Crippen LogP contribution in [0.15, 0.2) is 93.4 Å². The van der Waals surface area contributed by atoms with Crippen LogP contribution in [0.1, 0.15) is 29.8 Å². The lowest BCUT2D eigenvalue weighted by Crippen LogP contribution is -2.28. The molecule has 166 valence electrons. The van der Waals surface area contributed by atoms with Crippen molar-refractivity contribution in [3.63, 3.8) is 0 Å². The van der Waals surface area contributed by atoms with Gasteiger partial charge in [-0.15, -0.1) is 5.11 Å². The van der Waals surface area contributed by atoms with Gasteiger partial charge in [-0.05, 0) is 44.2 Å². The lowest BCUT2D eigenvalue weighted by atomic mass is 9.92. The number of nitrogens with two attached hydrogens (primary N) is 1. The van der Waals surface area contributed by atoms with Crippen LogP contribution in [-0.2, 0) is 10.1 Å². The molecule has 0 amide bonds. The second kappa shape index (κ2) is 10.4. The van der Waals surface area contributed by atoms with E-state index in [-0.39, 0.29) is 22.5 Å². The minimum Gasteiger partial charge on any atom is -0.397 e. The van der Waals surface area contributed by atoms with Gasteiger partial charge in [-0.2, -0.15) is 18.6 Å². The predicted molar refractivity (Wildman–Crippen MR) is 127 cm³/mol. The molecule has 9 nitrogen and oxygen atoms in total. The molecule has 0 fully saturated rings. The molecule has 1 aromatic carbocycles. The topological polar surface area (TPSA) is 147 Å².